The Morgan fingerprint density at radius 1 is 1.17 bits per heavy atom. The summed E-state index contributed by atoms with van der Waals surface area (Å²) in [6, 6.07) is 10.3. The summed E-state index contributed by atoms with van der Waals surface area (Å²) in [5.74, 6) is 0. The maximum Gasteiger partial charge on any atom is 0.0102 e. The molecule has 0 saturated heterocycles. The smallest absolute Gasteiger partial charge is 0.0102 e. The van der Waals surface area contributed by atoms with Crippen molar-refractivity contribution in [3.05, 3.63) is 41.6 Å². The van der Waals surface area contributed by atoms with Gasteiger partial charge >= 0.3 is 0 Å². The third-order valence-corrected chi connectivity index (χ3v) is 1.88. The van der Waals surface area contributed by atoms with Crippen molar-refractivity contribution in [1.29, 1.82) is 0 Å². The molecule has 1 nitrogen and oxygen atoms in total. The zero-order valence-electron chi connectivity index (χ0n) is 7.91. The fourth-order valence-electron chi connectivity index (χ4n) is 0.920. The molecule has 0 aromatic heterocycles. The third-order valence-electron chi connectivity index (χ3n) is 1.88. The molecule has 0 amide bonds. The van der Waals surface area contributed by atoms with Crippen LogP contribution >= 0.6 is 0 Å². The monoisotopic (exact) mass is 161 g/mol. The molecule has 0 atom stereocenters. The van der Waals surface area contributed by atoms with Crippen LogP contribution in [-0.2, 0) is 0 Å². The molecule has 64 valence electrons. The van der Waals surface area contributed by atoms with Crippen LogP contribution in [0.1, 0.15) is 12.5 Å². The Hall–Kier alpha value is -1.24. The molecular formula is C11H15N. The van der Waals surface area contributed by atoms with Gasteiger partial charge in [0.25, 0.3) is 0 Å². The maximum absolute atomic E-state index is 2.17. The van der Waals surface area contributed by atoms with Crippen molar-refractivity contribution in [1.82, 2.24) is 4.90 Å². The lowest BCUT2D eigenvalue weighted by atomic mass is 10.2. The minimum absolute atomic E-state index is 1.25. The van der Waals surface area contributed by atoms with E-state index in [9.17, 15) is 0 Å². The highest BCUT2D eigenvalue weighted by atomic mass is 15.1. The summed E-state index contributed by atoms with van der Waals surface area (Å²) in [5.41, 5.74) is 2.52. The second kappa shape index (κ2) is 3.96. The van der Waals surface area contributed by atoms with Gasteiger partial charge in [-0.25, -0.2) is 0 Å². The summed E-state index contributed by atoms with van der Waals surface area (Å²) in [6.45, 7) is 2.10. The summed E-state index contributed by atoms with van der Waals surface area (Å²) >= 11 is 0. The lowest BCUT2D eigenvalue weighted by molar-refractivity contribution is 0.518. The van der Waals surface area contributed by atoms with Crippen molar-refractivity contribution >= 4 is 6.08 Å². The minimum Gasteiger partial charge on any atom is -0.381 e. The van der Waals surface area contributed by atoms with Crippen LogP contribution in [-0.4, -0.2) is 19.0 Å². The zero-order chi connectivity index (χ0) is 8.97. The molecule has 0 unspecified atom stereocenters. The van der Waals surface area contributed by atoms with Crippen molar-refractivity contribution in [2.24, 2.45) is 0 Å². The Balaban J connectivity index is 2.81. The van der Waals surface area contributed by atoms with Gasteiger partial charge in [-0.15, -0.1) is 0 Å². The van der Waals surface area contributed by atoms with Gasteiger partial charge in [0.05, 0.1) is 0 Å². The fraction of sp³-hybridized carbons (Fsp3) is 0.273. The van der Waals surface area contributed by atoms with Crippen molar-refractivity contribution in [3.8, 4) is 0 Å². The van der Waals surface area contributed by atoms with E-state index >= 15 is 0 Å². The van der Waals surface area contributed by atoms with E-state index in [1.54, 1.807) is 0 Å². The Morgan fingerprint density at radius 3 is 2.25 bits per heavy atom. The lowest BCUT2D eigenvalue weighted by Crippen LogP contribution is -2.07. The predicted octanol–water partition coefficient (Wildman–Crippen LogP) is 2.61. The first kappa shape index (κ1) is 8.85. The topological polar surface area (TPSA) is 3.24 Å². The van der Waals surface area contributed by atoms with Crippen LogP contribution in [0, 0.1) is 0 Å². The average molecular weight is 161 g/mol. The van der Waals surface area contributed by atoms with E-state index in [4.69, 9.17) is 0 Å². The normalized spacial score (nSPS) is 11.4. The van der Waals surface area contributed by atoms with Crippen molar-refractivity contribution in [2.45, 2.75) is 6.92 Å². The Labute approximate surface area is 74.3 Å². The summed E-state index contributed by atoms with van der Waals surface area (Å²) in [7, 11) is 4.10. The highest BCUT2D eigenvalue weighted by Gasteiger charge is 1.90. The Morgan fingerprint density at radius 2 is 1.75 bits per heavy atom. The first-order chi connectivity index (χ1) is 5.70. The fourth-order valence-corrected chi connectivity index (χ4v) is 0.920. The predicted molar refractivity (Wildman–Crippen MR) is 53.8 cm³/mol. The molecule has 0 N–H and O–H groups in total. The van der Waals surface area contributed by atoms with Crippen LogP contribution in [0.25, 0.3) is 6.08 Å². The van der Waals surface area contributed by atoms with Gasteiger partial charge in [0.1, 0.15) is 0 Å². The van der Waals surface area contributed by atoms with Gasteiger partial charge in [-0.05, 0) is 18.6 Å². The quantitative estimate of drug-likeness (QED) is 0.644. The average Bonchev–Trinajstić information content (AvgIpc) is 2.06. The maximum atomic E-state index is 2.17. The van der Waals surface area contributed by atoms with Gasteiger partial charge in [0.15, 0.2) is 0 Å². The highest BCUT2D eigenvalue weighted by Crippen LogP contribution is 2.06. The first-order valence-corrected chi connectivity index (χ1v) is 4.11. The molecule has 0 saturated carbocycles. The van der Waals surface area contributed by atoms with E-state index < -0.39 is 0 Å². The van der Waals surface area contributed by atoms with Crippen molar-refractivity contribution in [3.63, 3.8) is 0 Å². The van der Waals surface area contributed by atoms with E-state index in [1.165, 1.54) is 11.3 Å². The molecule has 1 aromatic carbocycles. The second-order valence-corrected chi connectivity index (χ2v) is 3.09. The SMILES string of the molecule is CC(=Cc1ccccc1)N(C)C. The van der Waals surface area contributed by atoms with Gasteiger partial charge in [0.2, 0.25) is 0 Å². The largest absolute Gasteiger partial charge is 0.381 e. The summed E-state index contributed by atoms with van der Waals surface area (Å²) in [6.07, 6.45) is 2.17. The third kappa shape index (κ3) is 2.42. The second-order valence-electron chi connectivity index (χ2n) is 3.09. The molecule has 12 heavy (non-hydrogen) atoms. The first-order valence-electron chi connectivity index (χ1n) is 4.11. The number of benzene rings is 1. The van der Waals surface area contributed by atoms with E-state index in [0.717, 1.165) is 0 Å². The molecule has 0 aliphatic carbocycles. The summed E-state index contributed by atoms with van der Waals surface area (Å²) < 4.78 is 0. The molecule has 1 heteroatoms. The minimum atomic E-state index is 1.25. The molecule has 1 rings (SSSR count). The molecule has 0 radical (unpaired) electrons. The highest BCUT2D eigenvalue weighted by molar-refractivity contribution is 5.51. The van der Waals surface area contributed by atoms with Crippen LogP contribution in [0.3, 0.4) is 0 Å². The molecule has 0 spiro atoms. The van der Waals surface area contributed by atoms with Gasteiger partial charge < -0.3 is 4.90 Å². The van der Waals surface area contributed by atoms with Gasteiger partial charge in [0, 0.05) is 19.8 Å². The number of allylic oxidation sites excluding steroid dienone is 1. The number of hydrogen-bond donors (Lipinski definition) is 0. The van der Waals surface area contributed by atoms with Crippen LogP contribution in [0.2, 0.25) is 0 Å². The van der Waals surface area contributed by atoms with E-state index in [-0.39, 0.29) is 0 Å². The molecular weight excluding hydrogens is 146 g/mol. The molecule has 1 aromatic rings. The molecule has 0 fully saturated rings. The number of hydrogen-bond acceptors (Lipinski definition) is 1. The van der Waals surface area contributed by atoms with Gasteiger partial charge in [-0.1, -0.05) is 30.3 Å². The van der Waals surface area contributed by atoms with E-state index in [2.05, 4.69) is 56.3 Å². The van der Waals surface area contributed by atoms with Crippen molar-refractivity contribution in [2.75, 3.05) is 14.1 Å². The molecule has 0 bridgehead atoms. The van der Waals surface area contributed by atoms with Crippen molar-refractivity contribution < 1.29 is 0 Å². The zero-order valence-corrected chi connectivity index (χ0v) is 7.91. The Kier molecular flexibility index (Phi) is 2.92. The standard InChI is InChI=1S/C11H15N/c1-10(12(2)3)9-11-7-5-4-6-8-11/h4-9H,1-3H3. The van der Waals surface area contributed by atoms with Crippen LogP contribution < -0.4 is 0 Å². The lowest BCUT2D eigenvalue weighted by Gasteiger charge is -2.12. The summed E-state index contributed by atoms with van der Waals surface area (Å²) in [4.78, 5) is 2.10. The Bertz CT molecular complexity index is 260. The van der Waals surface area contributed by atoms with E-state index in [1.807, 2.05) is 6.07 Å². The van der Waals surface area contributed by atoms with Crippen LogP contribution in [0.5, 0.6) is 0 Å². The van der Waals surface area contributed by atoms with Gasteiger partial charge in [-0.3, -0.25) is 0 Å². The molecule has 0 aliphatic heterocycles. The molecule has 0 aliphatic rings. The molecule has 0 heterocycles. The number of nitrogens with zero attached hydrogens (tertiary/aromatic N) is 1. The van der Waals surface area contributed by atoms with Crippen LogP contribution in [0.4, 0.5) is 0 Å². The van der Waals surface area contributed by atoms with Crippen LogP contribution in [0.15, 0.2) is 36.0 Å². The number of rotatable bonds is 2. The van der Waals surface area contributed by atoms with E-state index in [0.29, 0.717) is 0 Å². The summed E-state index contributed by atoms with van der Waals surface area (Å²) in [5, 5.41) is 0. The van der Waals surface area contributed by atoms with Gasteiger partial charge in [-0.2, -0.15) is 0 Å².